The van der Waals surface area contributed by atoms with Gasteiger partial charge >= 0.3 is 5.97 Å². The van der Waals surface area contributed by atoms with Crippen LogP contribution in [0.15, 0.2) is 18.2 Å². The second-order valence-corrected chi connectivity index (χ2v) is 8.98. The summed E-state index contributed by atoms with van der Waals surface area (Å²) in [7, 11) is -2.27. The van der Waals surface area contributed by atoms with E-state index in [0.29, 0.717) is 42.4 Å². The predicted molar refractivity (Wildman–Crippen MR) is 99.4 cm³/mol. The van der Waals surface area contributed by atoms with Gasteiger partial charge in [0, 0.05) is 18.1 Å². The van der Waals surface area contributed by atoms with Crippen molar-refractivity contribution in [2.24, 2.45) is 5.92 Å². The topological polar surface area (TPSA) is 93.2 Å². The number of piperidine rings is 1. The maximum atomic E-state index is 12.9. The molecule has 27 heavy (non-hydrogen) atoms. The van der Waals surface area contributed by atoms with E-state index in [1.165, 1.54) is 13.2 Å². The summed E-state index contributed by atoms with van der Waals surface area (Å²) in [5.41, 5.74) is 0.318. The molecule has 1 saturated heterocycles. The number of amides is 1. The van der Waals surface area contributed by atoms with Crippen molar-refractivity contribution in [3.63, 3.8) is 0 Å². The number of sulfonamides is 1. The minimum atomic E-state index is -3.61. The van der Waals surface area contributed by atoms with Gasteiger partial charge in [-0.3, -0.25) is 13.9 Å². The van der Waals surface area contributed by atoms with Crippen molar-refractivity contribution in [3.05, 3.63) is 23.2 Å². The molecule has 1 aromatic rings. The number of carbonyl (C=O) groups excluding carboxylic acids is 2. The first kappa shape index (κ1) is 19.8. The predicted octanol–water partition coefficient (Wildman–Crippen LogP) is 1.28. The Labute approximate surface area is 163 Å². The Balaban J connectivity index is 1.77. The van der Waals surface area contributed by atoms with Crippen LogP contribution in [0.3, 0.4) is 0 Å². The van der Waals surface area contributed by atoms with Gasteiger partial charge in [-0.2, -0.15) is 0 Å². The molecule has 0 aliphatic carbocycles. The molecule has 2 heterocycles. The van der Waals surface area contributed by atoms with Gasteiger partial charge in [0.05, 0.1) is 31.5 Å². The molecular formula is C17H21ClN2O6S. The van der Waals surface area contributed by atoms with Crippen LogP contribution in [0.25, 0.3) is 0 Å². The van der Waals surface area contributed by atoms with E-state index >= 15 is 0 Å². The largest absolute Gasteiger partial charge is 0.476 e. The summed E-state index contributed by atoms with van der Waals surface area (Å²) >= 11 is 5.97. The quantitative estimate of drug-likeness (QED) is 0.689. The molecule has 0 spiro atoms. The van der Waals surface area contributed by atoms with E-state index in [1.54, 1.807) is 17.0 Å². The number of methoxy groups -OCH3 is 1. The SMILES string of the molecule is COC(=O)C1CCN(C(=O)[C@H]2CN(S(C)(=O)=O)c3cc(Cl)ccc3O2)CC1. The fourth-order valence-corrected chi connectivity index (χ4v) is 4.45. The number of likely N-dealkylation sites (tertiary alicyclic amines) is 1. The summed E-state index contributed by atoms with van der Waals surface area (Å²) in [6.45, 7) is 0.664. The summed E-state index contributed by atoms with van der Waals surface area (Å²) < 4.78 is 36.1. The molecule has 0 bridgehead atoms. The number of fused-ring (bicyclic) bond motifs is 1. The lowest BCUT2D eigenvalue weighted by atomic mass is 9.96. The standard InChI is InChI=1S/C17H21ClN2O6S/c1-25-17(22)11-5-7-19(8-6-11)16(21)15-10-20(27(2,23)24)13-9-12(18)3-4-14(13)26-15/h3-4,9,11,15H,5-8,10H2,1-2H3/t15-/m1/s1. The molecule has 8 nitrogen and oxygen atoms in total. The van der Waals surface area contributed by atoms with Crippen molar-refractivity contribution in [1.29, 1.82) is 0 Å². The summed E-state index contributed by atoms with van der Waals surface area (Å²) in [4.78, 5) is 26.1. The van der Waals surface area contributed by atoms with E-state index in [0.717, 1.165) is 10.6 Å². The molecule has 1 atom stereocenters. The normalized spacial score (nSPS) is 20.6. The number of anilines is 1. The fourth-order valence-electron chi connectivity index (χ4n) is 3.37. The molecule has 148 valence electrons. The lowest BCUT2D eigenvalue weighted by molar-refractivity contribution is -0.150. The third kappa shape index (κ3) is 4.14. The zero-order valence-corrected chi connectivity index (χ0v) is 16.6. The highest BCUT2D eigenvalue weighted by Crippen LogP contribution is 2.37. The maximum Gasteiger partial charge on any atom is 0.308 e. The van der Waals surface area contributed by atoms with E-state index in [4.69, 9.17) is 21.1 Å². The number of esters is 1. The van der Waals surface area contributed by atoms with Crippen molar-refractivity contribution in [1.82, 2.24) is 4.90 Å². The van der Waals surface area contributed by atoms with Crippen molar-refractivity contribution in [3.8, 4) is 5.75 Å². The van der Waals surface area contributed by atoms with E-state index in [2.05, 4.69) is 0 Å². The molecule has 0 N–H and O–H groups in total. The molecule has 0 saturated carbocycles. The number of carbonyl (C=O) groups is 2. The highest BCUT2D eigenvalue weighted by molar-refractivity contribution is 7.92. The van der Waals surface area contributed by atoms with Crippen LogP contribution < -0.4 is 9.04 Å². The van der Waals surface area contributed by atoms with E-state index in [1.807, 2.05) is 0 Å². The summed E-state index contributed by atoms with van der Waals surface area (Å²) in [6.07, 6.45) is 1.13. The number of ether oxygens (including phenoxy) is 2. The van der Waals surface area contributed by atoms with Crippen LogP contribution in [0.1, 0.15) is 12.8 Å². The molecule has 2 aliphatic heterocycles. The first-order valence-electron chi connectivity index (χ1n) is 8.51. The van der Waals surface area contributed by atoms with E-state index in [9.17, 15) is 18.0 Å². The van der Waals surface area contributed by atoms with Crippen LogP contribution in [0, 0.1) is 5.92 Å². The summed E-state index contributed by atoms with van der Waals surface area (Å²) in [5, 5.41) is 0.376. The zero-order valence-electron chi connectivity index (χ0n) is 15.1. The molecule has 10 heteroatoms. The Kier molecular flexibility index (Phi) is 5.53. The van der Waals surface area contributed by atoms with Crippen molar-refractivity contribution in [2.45, 2.75) is 18.9 Å². The van der Waals surface area contributed by atoms with Crippen molar-refractivity contribution in [2.75, 3.05) is 37.3 Å². The second kappa shape index (κ2) is 7.55. The molecule has 2 aliphatic rings. The number of rotatable bonds is 3. The maximum absolute atomic E-state index is 12.9. The molecule has 3 rings (SSSR count). The highest BCUT2D eigenvalue weighted by atomic mass is 35.5. The molecule has 0 aromatic heterocycles. The average molecular weight is 417 g/mol. The zero-order chi connectivity index (χ0) is 19.8. The molecule has 1 fully saturated rings. The van der Waals surface area contributed by atoms with Crippen LogP contribution in [0.2, 0.25) is 5.02 Å². The lowest BCUT2D eigenvalue weighted by Crippen LogP contribution is -2.53. The summed E-state index contributed by atoms with van der Waals surface area (Å²) in [5.74, 6) is -0.502. The van der Waals surface area contributed by atoms with E-state index in [-0.39, 0.29) is 24.3 Å². The monoisotopic (exact) mass is 416 g/mol. The first-order chi connectivity index (χ1) is 12.7. The van der Waals surface area contributed by atoms with Crippen LogP contribution in [0.5, 0.6) is 5.75 Å². The van der Waals surface area contributed by atoms with Gasteiger partial charge in [-0.15, -0.1) is 0 Å². The van der Waals surface area contributed by atoms with Crippen LogP contribution in [-0.4, -0.2) is 64.3 Å². The van der Waals surface area contributed by atoms with Crippen LogP contribution in [0.4, 0.5) is 5.69 Å². The fraction of sp³-hybridized carbons (Fsp3) is 0.529. The lowest BCUT2D eigenvalue weighted by Gasteiger charge is -2.38. The van der Waals surface area contributed by atoms with Crippen LogP contribution >= 0.6 is 11.6 Å². The van der Waals surface area contributed by atoms with Gasteiger partial charge in [0.2, 0.25) is 10.0 Å². The Morgan fingerprint density at radius 3 is 2.52 bits per heavy atom. The molecule has 1 amide bonds. The second-order valence-electron chi connectivity index (χ2n) is 6.64. The number of benzene rings is 1. The Hall–Kier alpha value is -2.00. The molecular weight excluding hydrogens is 396 g/mol. The number of hydrogen-bond acceptors (Lipinski definition) is 6. The number of nitrogens with zero attached hydrogens (tertiary/aromatic N) is 2. The van der Waals surface area contributed by atoms with Gasteiger partial charge in [-0.05, 0) is 31.0 Å². The van der Waals surface area contributed by atoms with Crippen LogP contribution in [-0.2, 0) is 24.3 Å². The van der Waals surface area contributed by atoms with Gasteiger partial charge < -0.3 is 14.4 Å². The third-order valence-corrected chi connectivity index (χ3v) is 6.19. The van der Waals surface area contributed by atoms with Gasteiger partial charge in [0.25, 0.3) is 5.91 Å². The van der Waals surface area contributed by atoms with Crippen molar-refractivity contribution >= 4 is 39.2 Å². The third-order valence-electron chi connectivity index (χ3n) is 4.81. The minimum absolute atomic E-state index is 0.123. The Morgan fingerprint density at radius 1 is 1.26 bits per heavy atom. The highest BCUT2D eigenvalue weighted by Gasteiger charge is 2.38. The Morgan fingerprint density at radius 2 is 1.93 bits per heavy atom. The van der Waals surface area contributed by atoms with Gasteiger partial charge in [-0.25, -0.2) is 8.42 Å². The van der Waals surface area contributed by atoms with Gasteiger partial charge in [0.15, 0.2) is 6.10 Å². The first-order valence-corrected chi connectivity index (χ1v) is 10.7. The molecule has 0 unspecified atom stereocenters. The molecule has 1 aromatic carbocycles. The van der Waals surface area contributed by atoms with Gasteiger partial charge in [-0.1, -0.05) is 11.6 Å². The smallest absolute Gasteiger partial charge is 0.308 e. The average Bonchev–Trinajstić information content (AvgIpc) is 2.65. The Bertz CT molecular complexity index is 851. The van der Waals surface area contributed by atoms with E-state index < -0.39 is 16.1 Å². The summed E-state index contributed by atoms with van der Waals surface area (Å²) in [6, 6.07) is 4.63. The number of halogens is 1. The minimum Gasteiger partial charge on any atom is -0.476 e. The number of hydrogen-bond donors (Lipinski definition) is 0. The van der Waals surface area contributed by atoms with Gasteiger partial charge in [0.1, 0.15) is 5.75 Å². The van der Waals surface area contributed by atoms with Crippen molar-refractivity contribution < 1.29 is 27.5 Å². The molecule has 0 radical (unpaired) electrons.